The first-order valence-corrected chi connectivity index (χ1v) is 11.5. The molecule has 33 heavy (non-hydrogen) atoms. The molecular weight excluding hydrogens is 418 g/mol. The molecule has 3 rings (SSSR count). The second kappa shape index (κ2) is 10.7. The van der Waals surface area contributed by atoms with Gasteiger partial charge in [-0.3, -0.25) is 10.1 Å². The first-order valence-electron chi connectivity index (χ1n) is 11.5. The summed E-state index contributed by atoms with van der Waals surface area (Å²) >= 11 is 0. The molecule has 0 spiro atoms. The number of para-hydroxylation sites is 1. The first kappa shape index (κ1) is 24.6. The molecule has 0 bridgehead atoms. The molecule has 0 aliphatic carbocycles. The maximum atomic E-state index is 13.1. The Hall–Kier alpha value is -3.06. The summed E-state index contributed by atoms with van der Waals surface area (Å²) in [5, 5.41) is 12.3. The molecular formula is C26H35N3O4. The molecule has 7 nitrogen and oxygen atoms in total. The van der Waals surface area contributed by atoms with Gasteiger partial charge in [0.15, 0.2) is 0 Å². The monoisotopic (exact) mass is 453 g/mol. The Morgan fingerprint density at radius 1 is 1.09 bits per heavy atom. The lowest BCUT2D eigenvalue weighted by Gasteiger charge is -2.43. The number of benzene rings is 2. The van der Waals surface area contributed by atoms with Crippen molar-refractivity contribution in [1.29, 1.82) is 0 Å². The second-order valence-corrected chi connectivity index (χ2v) is 9.49. The van der Waals surface area contributed by atoms with Crippen LogP contribution in [-0.2, 0) is 16.0 Å². The van der Waals surface area contributed by atoms with E-state index in [2.05, 4.69) is 29.3 Å². The predicted octanol–water partition coefficient (Wildman–Crippen LogP) is 3.98. The highest BCUT2D eigenvalue weighted by Gasteiger charge is 2.30. The third kappa shape index (κ3) is 6.96. The van der Waals surface area contributed by atoms with E-state index < -0.39 is 11.7 Å². The average Bonchev–Trinajstić information content (AvgIpc) is 2.74. The van der Waals surface area contributed by atoms with E-state index in [4.69, 9.17) is 4.74 Å². The van der Waals surface area contributed by atoms with Crippen LogP contribution < -0.4 is 10.2 Å². The van der Waals surface area contributed by atoms with Gasteiger partial charge < -0.3 is 19.6 Å². The Morgan fingerprint density at radius 2 is 1.79 bits per heavy atom. The molecule has 178 valence electrons. The fraction of sp³-hybridized carbons (Fsp3) is 0.462. The summed E-state index contributed by atoms with van der Waals surface area (Å²) in [6.07, 6.45) is 0.316. The van der Waals surface area contributed by atoms with Crippen LogP contribution in [0.25, 0.3) is 0 Å². The van der Waals surface area contributed by atoms with E-state index in [1.165, 1.54) is 11.3 Å². The van der Waals surface area contributed by atoms with Crippen LogP contribution in [0, 0.1) is 6.92 Å². The minimum absolute atomic E-state index is 0.0380. The van der Waals surface area contributed by atoms with E-state index >= 15 is 0 Å². The van der Waals surface area contributed by atoms with Crippen molar-refractivity contribution in [3.8, 4) is 0 Å². The number of ether oxygens (including phenoxy) is 1. The molecule has 1 atom stereocenters. The van der Waals surface area contributed by atoms with Crippen LogP contribution >= 0.6 is 0 Å². The molecule has 2 amide bonds. The summed E-state index contributed by atoms with van der Waals surface area (Å²) in [7, 11) is 0. The Balaban J connectivity index is 1.61. The van der Waals surface area contributed by atoms with Gasteiger partial charge in [-0.05, 0) is 63.4 Å². The number of aliphatic hydroxyl groups is 1. The number of hydrogen-bond donors (Lipinski definition) is 2. The van der Waals surface area contributed by atoms with E-state index in [-0.39, 0.29) is 25.0 Å². The van der Waals surface area contributed by atoms with E-state index in [0.717, 1.165) is 12.1 Å². The van der Waals surface area contributed by atoms with Gasteiger partial charge in [0.25, 0.3) is 0 Å². The Labute approximate surface area is 196 Å². The fourth-order valence-electron chi connectivity index (χ4n) is 4.12. The SMILES string of the molecule is Cc1ccccc1N1CCN(C(=O)Cc2ccc(NC(=O)OC(C)(C)C)cc2)C(CCO)C1. The molecule has 7 heteroatoms. The summed E-state index contributed by atoms with van der Waals surface area (Å²) < 4.78 is 5.26. The lowest BCUT2D eigenvalue weighted by Crippen LogP contribution is -2.56. The van der Waals surface area contributed by atoms with Crippen LogP contribution in [0.3, 0.4) is 0 Å². The molecule has 0 saturated carbocycles. The zero-order valence-electron chi connectivity index (χ0n) is 20.0. The Bertz CT molecular complexity index is 953. The number of aliphatic hydroxyl groups excluding tert-OH is 1. The fourth-order valence-corrected chi connectivity index (χ4v) is 4.12. The summed E-state index contributed by atoms with van der Waals surface area (Å²) in [6.45, 7) is 9.66. The third-order valence-corrected chi connectivity index (χ3v) is 5.68. The highest BCUT2D eigenvalue weighted by Crippen LogP contribution is 2.24. The summed E-state index contributed by atoms with van der Waals surface area (Å²) in [5.41, 5.74) is 3.31. The average molecular weight is 454 g/mol. The quantitative estimate of drug-likeness (QED) is 0.691. The molecule has 1 unspecified atom stereocenters. The number of carbonyl (C=O) groups is 2. The molecule has 1 aliphatic rings. The Morgan fingerprint density at radius 3 is 2.42 bits per heavy atom. The topological polar surface area (TPSA) is 82.1 Å². The van der Waals surface area contributed by atoms with Gasteiger partial charge in [0, 0.05) is 37.6 Å². The minimum Gasteiger partial charge on any atom is -0.444 e. The number of hydrogen-bond acceptors (Lipinski definition) is 5. The van der Waals surface area contributed by atoms with Crippen LogP contribution in [-0.4, -0.2) is 59.9 Å². The third-order valence-electron chi connectivity index (χ3n) is 5.68. The number of anilines is 2. The van der Waals surface area contributed by atoms with Crippen molar-refractivity contribution in [2.45, 2.75) is 52.2 Å². The number of piperazine rings is 1. The van der Waals surface area contributed by atoms with Crippen molar-refractivity contribution in [1.82, 2.24) is 4.90 Å². The van der Waals surface area contributed by atoms with Gasteiger partial charge >= 0.3 is 6.09 Å². The zero-order chi connectivity index (χ0) is 24.0. The predicted molar refractivity (Wildman–Crippen MR) is 131 cm³/mol. The molecule has 0 aromatic heterocycles. The zero-order valence-corrected chi connectivity index (χ0v) is 20.0. The molecule has 1 fully saturated rings. The normalized spacial score (nSPS) is 16.5. The lowest BCUT2D eigenvalue weighted by atomic mass is 10.0. The number of carbonyl (C=O) groups excluding carboxylic acids is 2. The van der Waals surface area contributed by atoms with Gasteiger partial charge in [-0.25, -0.2) is 4.79 Å². The first-order chi connectivity index (χ1) is 15.7. The highest BCUT2D eigenvalue weighted by atomic mass is 16.6. The van der Waals surface area contributed by atoms with Crippen LogP contribution in [0.5, 0.6) is 0 Å². The van der Waals surface area contributed by atoms with Crippen molar-refractivity contribution in [3.05, 3.63) is 59.7 Å². The largest absolute Gasteiger partial charge is 0.444 e. The van der Waals surface area contributed by atoms with Crippen LogP contribution in [0.1, 0.15) is 38.3 Å². The molecule has 0 radical (unpaired) electrons. The smallest absolute Gasteiger partial charge is 0.412 e. The van der Waals surface area contributed by atoms with E-state index in [1.807, 2.05) is 49.9 Å². The molecule has 2 aromatic carbocycles. The van der Waals surface area contributed by atoms with Crippen molar-refractivity contribution in [2.75, 3.05) is 36.5 Å². The van der Waals surface area contributed by atoms with Crippen molar-refractivity contribution >= 4 is 23.4 Å². The van der Waals surface area contributed by atoms with E-state index in [1.54, 1.807) is 12.1 Å². The van der Waals surface area contributed by atoms with Crippen molar-refractivity contribution in [3.63, 3.8) is 0 Å². The number of rotatable bonds is 6. The molecule has 1 aliphatic heterocycles. The summed E-state index contributed by atoms with van der Waals surface area (Å²) in [5.74, 6) is 0.0470. The standard InChI is InChI=1S/C26H35N3O4/c1-19-7-5-6-8-23(19)28-14-15-29(22(18-28)13-16-30)24(31)17-20-9-11-21(12-10-20)27-25(32)33-26(2,3)4/h5-12,22,30H,13-18H2,1-4H3,(H,27,32). The lowest BCUT2D eigenvalue weighted by molar-refractivity contribution is -0.133. The summed E-state index contributed by atoms with van der Waals surface area (Å²) in [6, 6.07) is 15.4. The molecule has 1 heterocycles. The van der Waals surface area contributed by atoms with Crippen LogP contribution in [0.2, 0.25) is 0 Å². The van der Waals surface area contributed by atoms with Crippen LogP contribution in [0.15, 0.2) is 48.5 Å². The Kier molecular flexibility index (Phi) is 7.97. The van der Waals surface area contributed by atoms with Crippen molar-refractivity contribution < 1.29 is 19.4 Å². The number of aryl methyl sites for hydroxylation is 1. The highest BCUT2D eigenvalue weighted by molar-refractivity contribution is 5.85. The van der Waals surface area contributed by atoms with Gasteiger partial charge in [-0.1, -0.05) is 30.3 Å². The number of nitrogens with zero attached hydrogens (tertiary/aromatic N) is 2. The van der Waals surface area contributed by atoms with E-state index in [9.17, 15) is 14.7 Å². The summed E-state index contributed by atoms with van der Waals surface area (Å²) in [4.78, 5) is 29.2. The number of nitrogens with one attached hydrogen (secondary N) is 1. The second-order valence-electron chi connectivity index (χ2n) is 9.49. The number of amides is 2. The van der Waals surface area contributed by atoms with Crippen LogP contribution in [0.4, 0.5) is 16.2 Å². The molecule has 2 aromatic rings. The maximum Gasteiger partial charge on any atom is 0.412 e. The minimum atomic E-state index is -0.565. The molecule has 1 saturated heterocycles. The van der Waals surface area contributed by atoms with Crippen molar-refractivity contribution in [2.24, 2.45) is 0 Å². The van der Waals surface area contributed by atoms with Gasteiger partial charge in [-0.15, -0.1) is 0 Å². The maximum absolute atomic E-state index is 13.1. The van der Waals surface area contributed by atoms with Gasteiger partial charge in [0.1, 0.15) is 5.60 Å². The van der Waals surface area contributed by atoms with Gasteiger partial charge in [-0.2, -0.15) is 0 Å². The van der Waals surface area contributed by atoms with Gasteiger partial charge in [0.2, 0.25) is 5.91 Å². The van der Waals surface area contributed by atoms with Gasteiger partial charge in [0.05, 0.1) is 12.5 Å². The van der Waals surface area contributed by atoms with E-state index in [0.29, 0.717) is 25.2 Å². The molecule has 2 N–H and O–H groups in total.